The lowest BCUT2D eigenvalue weighted by atomic mass is 9.93. The van der Waals surface area contributed by atoms with Crippen LogP contribution in [-0.4, -0.2) is 157 Å². The predicted octanol–water partition coefficient (Wildman–Crippen LogP) is 6.78. The van der Waals surface area contributed by atoms with Gasteiger partial charge in [-0.25, -0.2) is 0 Å². The van der Waals surface area contributed by atoms with E-state index in [9.17, 15) is 19.8 Å². The number of hydrogen-bond acceptors (Lipinski definition) is 4. The summed E-state index contributed by atoms with van der Waals surface area (Å²) in [6, 6.07) is 28.5. The number of aromatic amines is 4. The van der Waals surface area contributed by atoms with Crippen LogP contribution in [0.15, 0.2) is 144 Å². The molecule has 0 amide bonds. The molecule has 1 aliphatic heterocycles. The van der Waals surface area contributed by atoms with Gasteiger partial charge in [0.25, 0.3) is 0 Å². The summed E-state index contributed by atoms with van der Waals surface area (Å²) in [5, 5.41) is 24.2. The first kappa shape index (κ1) is 49.5. The second kappa shape index (κ2) is 18.3. The molecule has 0 saturated carbocycles. The highest BCUT2D eigenvalue weighted by atomic mass is 16.3. The number of aromatic hydroxyl groups is 2. The molecule has 5 heterocycles. The van der Waals surface area contributed by atoms with E-state index in [1.807, 2.05) is 36.4 Å². The van der Waals surface area contributed by atoms with Gasteiger partial charge in [0.2, 0.25) is 0 Å². The highest BCUT2D eigenvalue weighted by molar-refractivity contribution is 6.08. The van der Waals surface area contributed by atoms with Crippen LogP contribution in [0.1, 0.15) is 56.4 Å². The van der Waals surface area contributed by atoms with Crippen molar-refractivity contribution in [3.05, 3.63) is 211 Å². The Hall–Kier alpha value is -7.48. The Balaban J connectivity index is 1.41. The van der Waals surface area contributed by atoms with Crippen LogP contribution in [0.2, 0.25) is 0 Å². The number of H-pyrrole nitrogens is 4. The summed E-state index contributed by atoms with van der Waals surface area (Å²) in [5.74, 6) is 0.467. The molecule has 370 valence electrons. The zero-order valence-corrected chi connectivity index (χ0v) is 43.9. The number of carbonyl (C=O) groups excluding carboxylic acids is 2. The van der Waals surface area contributed by atoms with E-state index in [2.05, 4.69) is 165 Å². The van der Waals surface area contributed by atoms with Crippen molar-refractivity contribution in [1.82, 2.24) is 19.9 Å². The Kier molecular flexibility index (Phi) is 12.6. The molecule has 0 unspecified atom stereocenters. The maximum atomic E-state index is 13.5. The number of rotatable bonds is 10. The maximum absolute atomic E-state index is 13.5. The molecule has 0 saturated heterocycles. The molecule has 9 rings (SSSR count). The van der Waals surface area contributed by atoms with E-state index in [0.717, 1.165) is 112 Å². The number of carbonyl (C=O) groups is 2. The Morgan fingerprint density at radius 2 is 0.694 bits per heavy atom. The molecular formula is C60H70N8O4+4. The largest absolute Gasteiger partial charge is 0.507 e. The normalized spacial score (nSPS) is 19.3. The van der Waals surface area contributed by atoms with Gasteiger partial charge < -0.3 is 48.1 Å². The smallest absolute Gasteiger partial charge is 0.187 e. The van der Waals surface area contributed by atoms with E-state index in [-0.39, 0.29) is 23.1 Å². The lowest BCUT2D eigenvalue weighted by Crippen LogP contribution is -2.37. The van der Waals surface area contributed by atoms with Crippen molar-refractivity contribution in [2.45, 2.75) is 13.1 Å². The molecule has 12 heteroatoms. The van der Waals surface area contributed by atoms with Gasteiger partial charge in [0.15, 0.2) is 11.6 Å². The van der Waals surface area contributed by atoms with Gasteiger partial charge in [0.05, 0.1) is 95.7 Å². The number of ketones is 2. The number of quaternary nitrogens is 4. The number of aromatic nitrogens is 4. The highest BCUT2D eigenvalue weighted by Gasteiger charge is 2.27. The van der Waals surface area contributed by atoms with Crippen molar-refractivity contribution in [2.75, 3.05) is 97.7 Å². The summed E-state index contributed by atoms with van der Waals surface area (Å²) < 4.78 is 2.43. The van der Waals surface area contributed by atoms with E-state index >= 15 is 0 Å². The summed E-state index contributed by atoms with van der Waals surface area (Å²) in [6.45, 7) is 2.32. The molecular weight excluding hydrogens is 897 g/mol. The topological polar surface area (TPSA) is 138 Å². The standard InChI is InChI=1S/C60H66N8O4/c1-65(2,3)33-41-29-37(13-25-53(41)69)57-45-17-19-47(61-45)58(38-14-26-54(70)42(30-38)34-66(4,5)6)49-21-23-51(63-49)60(40-16-28-56(72)44(32-40)36-68(10,11)12)52-24-22-50(64-52)59(48-20-18-46(57)62-48)39-15-27-55(71)43(31-39)35-67(7,8)9/h13-32H,33-36H2,1-12H3,(H2-4,61,62,63,64,69,70,71,72)/p+4/b57-45-,57-46?,58-47-,58-49?,59-48?,59-50?,60-51?,60-52?. The lowest BCUT2D eigenvalue weighted by molar-refractivity contribution is -0.884. The minimum absolute atomic E-state index is 0.00659. The van der Waals surface area contributed by atoms with Crippen molar-refractivity contribution in [1.29, 1.82) is 0 Å². The van der Waals surface area contributed by atoms with Gasteiger partial charge >= 0.3 is 0 Å². The molecule has 6 aromatic rings. The van der Waals surface area contributed by atoms with Gasteiger partial charge in [0.1, 0.15) is 37.7 Å². The molecule has 0 fully saturated rings. The minimum atomic E-state index is -0.00659. The molecule has 6 N–H and O–H groups in total. The molecule has 8 bridgehead atoms. The zero-order chi connectivity index (χ0) is 51.7. The third kappa shape index (κ3) is 10.7. The van der Waals surface area contributed by atoms with Crippen molar-refractivity contribution < 1.29 is 37.7 Å². The number of nitrogens with zero attached hydrogens (tertiary/aromatic N) is 4. The van der Waals surface area contributed by atoms with Crippen LogP contribution in [0.4, 0.5) is 0 Å². The van der Waals surface area contributed by atoms with E-state index < -0.39 is 0 Å². The van der Waals surface area contributed by atoms with E-state index in [4.69, 9.17) is 0 Å². The molecule has 2 aromatic carbocycles. The molecule has 12 nitrogen and oxygen atoms in total. The fraction of sp³-hybridized carbons (Fsp3) is 0.267. The average Bonchev–Trinajstić information content (AvgIpc) is 4.11. The summed E-state index contributed by atoms with van der Waals surface area (Å²) in [7, 11) is 25.2. The summed E-state index contributed by atoms with van der Waals surface area (Å²) in [6.07, 6.45) is 11.2. The Morgan fingerprint density at radius 3 is 1.01 bits per heavy atom. The molecule has 4 aromatic heterocycles. The van der Waals surface area contributed by atoms with Crippen LogP contribution in [0.3, 0.4) is 0 Å². The van der Waals surface area contributed by atoms with Gasteiger partial charge in [0, 0.05) is 78.3 Å². The van der Waals surface area contributed by atoms with Crippen LogP contribution in [0.25, 0.3) is 22.3 Å². The maximum Gasteiger partial charge on any atom is 0.187 e. The van der Waals surface area contributed by atoms with Gasteiger partial charge in [-0.05, 0) is 119 Å². The van der Waals surface area contributed by atoms with Crippen LogP contribution in [0, 0.1) is 0 Å². The number of hydrogen-bond donors (Lipinski definition) is 6. The Labute approximate surface area is 422 Å². The molecule has 0 radical (unpaired) electrons. The van der Waals surface area contributed by atoms with Crippen molar-refractivity contribution in [3.8, 4) is 11.5 Å². The van der Waals surface area contributed by atoms with Gasteiger partial charge in [-0.2, -0.15) is 0 Å². The second-order valence-electron chi connectivity index (χ2n) is 23.8. The third-order valence-electron chi connectivity index (χ3n) is 12.9. The monoisotopic (exact) mass is 967 g/mol. The summed E-state index contributed by atoms with van der Waals surface area (Å²) in [5.41, 5.74) is 15.3. The molecule has 2 aliphatic carbocycles. The number of likely N-dealkylation sites (N-methyl/N-ethyl adjacent to an activating group) is 2. The highest BCUT2D eigenvalue weighted by Crippen LogP contribution is 2.38. The van der Waals surface area contributed by atoms with E-state index in [1.54, 1.807) is 24.3 Å². The lowest BCUT2D eigenvalue weighted by Gasteiger charge is -2.25. The molecule has 3 aliphatic rings. The number of phenols is 2. The van der Waals surface area contributed by atoms with Crippen LogP contribution in [-0.2, 0) is 22.7 Å². The summed E-state index contributed by atoms with van der Waals surface area (Å²) >= 11 is 0. The van der Waals surface area contributed by atoms with Gasteiger partial charge in [-0.1, -0.05) is 24.3 Å². The van der Waals surface area contributed by atoms with E-state index in [0.29, 0.717) is 44.1 Å². The first-order valence-electron chi connectivity index (χ1n) is 24.5. The van der Waals surface area contributed by atoms with Gasteiger partial charge in [-0.15, -0.1) is 0 Å². The molecule has 72 heavy (non-hydrogen) atoms. The van der Waals surface area contributed by atoms with E-state index in [1.165, 1.54) is 0 Å². The quantitative estimate of drug-likeness (QED) is 0.0844. The Bertz CT molecular complexity index is 3280. The SMILES string of the molecule is C[N+](C)(C)CC1=C/C(=C2\c3ccc([nH]3)/C(c3ccc(O)c(C[N+](C)(C)C)c3)=c3/cc/c([nH]3)=C(\c3ccc(O)c(C[N+](C)(C)C)c3)c3ccc([nH]3)/C(=C3\C=CC(=O)C(C[N+](C)(C)C)=C3)c3ccc2[nH]3)C=CC1=O. The Morgan fingerprint density at radius 1 is 0.375 bits per heavy atom. The van der Waals surface area contributed by atoms with Crippen LogP contribution in [0.5, 0.6) is 11.5 Å². The minimum Gasteiger partial charge on any atom is -0.507 e. The molecule has 0 atom stereocenters. The number of allylic oxidation sites excluding steroid dienone is 8. The second-order valence-corrected chi connectivity index (χ2v) is 23.8. The molecule has 0 spiro atoms. The average molecular weight is 967 g/mol. The fourth-order valence-corrected chi connectivity index (χ4v) is 10.1. The number of fused-ring (bicyclic) bond motifs is 8. The fourth-order valence-electron chi connectivity index (χ4n) is 10.1. The summed E-state index contributed by atoms with van der Waals surface area (Å²) in [4.78, 5) is 42.5. The van der Waals surface area contributed by atoms with Crippen molar-refractivity contribution >= 4 is 33.9 Å². The van der Waals surface area contributed by atoms with Crippen LogP contribution < -0.4 is 10.7 Å². The predicted molar refractivity (Wildman–Crippen MR) is 288 cm³/mol. The van der Waals surface area contributed by atoms with Crippen LogP contribution >= 0.6 is 0 Å². The van der Waals surface area contributed by atoms with Crippen molar-refractivity contribution in [3.63, 3.8) is 0 Å². The first-order chi connectivity index (χ1) is 33.8. The number of nitrogens with one attached hydrogen (secondary N) is 4. The van der Waals surface area contributed by atoms with Gasteiger partial charge in [-0.3, -0.25) is 9.59 Å². The number of benzene rings is 2. The van der Waals surface area contributed by atoms with Crippen molar-refractivity contribution in [2.24, 2.45) is 0 Å². The number of phenolic OH excluding ortho intramolecular Hbond substituents is 2. The third-order valence-corrected chi connectivity index (χ3v) is 12.9. The first-order valence-corrected chi connectivity index (χ1v) is 24.5. The zero-order valence-electron chi connectivity index (χ0n) is 43.9.